The minimum atomic E-state index is 0.257. The molecule has 1 N–H and O–H groups in total. The van der Waals surface area contributed by atoms with Gasteiger partial charge in [-0.1, -0.05) is 13.8 Å². The molecule has 0 unspecified atom stereocenters. The fraction of sp³-hybridized carbons (Fsp3) is 1.00. The van der Waals surface area contributed by atoms with Crippen molar-refractivity contribution in [3.8, 4) is 0 Å². The highest BCUT2D eigenvalue weighted by Crippen LogP contribution is 2.43. The summed E-state index contributed by atoms with van der Waals surface area (Å²) in [7, 11) is 1.79. The first-order valence-corrected chi connectivity index (χ1v) is 8.06. The van der Waals surface area contributed by atoms with Crippen LogP contribution in [0.15, 0.2) is 0 Å². The molecule has 4 heteroatoms. The average molecular weight is 283 g/mol. The van der Waals surface area contributed by atoms with Crippen molar-refractivity contribution in [3.63, 3.8) is 0 Å². The van der Waals surface area contributed by atoms with Crippen molar-refractivity contribution in [1.82, 2.24) is 15.1 Å². The molecule has 0 aromatic carbocycles. The average Bonchev–Trinajstić information content (AvgIpc) is 2.34. The maximum absolute atomic E-state index is 5.18. The molecule has 0 aromatic rings. The number of rotatable bonds is 6. The summed E-state index contributed by atoms with van der Waals surface area (Å²) >= 11 is 0. The van der Waals surface area contributed by atoms with E-state index in [9.17, 15) is 0 Å². The Labute approximate surface area is 124 Å². The molecule has 2 heterocycles. The third kappa shape index (κ3) is 3.03. The molecule has 2 saturated heterocycles. The fourth-order valence-electron chi connectivity index (χ4n) is 3.46. The molecule has 118 valence electrons. The second kappa shape index (κ2) is 6.30. The number of nitrogens with zero attached hydrogens (tertiary/aromatic N) is 2. The maximum Gasteiger partial charge on any atom is 0.0589 e. The van der Waals surface area contributed by atoms with E-state index in [1.54, 1.807) is 7.11 Å². The van der Waals surface area contributed by atoms with E-state index in [0.717, 1.165) is 19.1 Å². The predicted octanol–water partition coefficient (Wildman–Crippen LogP) is 1.27. The Kier molecular flexibility index (Phi) is 5.11. The van der Waals surface area contributed by atoms with E-state index in [2.05, 4.69) is 42.8 Å². The zero-order chi connectivity index (χ0) is 14.8. The van der Waals surface area contributed by atoms with Crippen molar-refractivity contribution in [1.29, 1.82) is 0 Å². The second-order valence-corrected chi connectivity index (χ2v) is 7.46. The largest absolute Gasteiger partial charge is 0.383 e. The second-order valence-electron chi connectivity index (χ2n) is 7.46. The molecule has 2 fully saturated rings. The molecule has 20 heavy (non-hydrogen) atoms. The van der Waals surface area contributed by atoms with Crippen LogP contribution >= 0.6 is 0 Å². The quantitative estimate of drug-likeness (QED) is 0.795. The normalized spacial score (nSPS) is 23.9. The molecule has 0 saturated carbocycles. The smallest absolute Gasteiger partial charge is 0.0589 e. The van der Waals surface area contributed by atoms with Crippen LogP contribution in [0.2, 0.25) is 0 Å². The summed E-state index contributed by atoms with van der Waals surface area (Å²) in [4.78, 5) is 5.22. The maximum atomic E-state index is 5.18. The number of hydrogen-bond acceptors (Lipinski definition) is 4. The highest BCUT2D eigenvalue weighted by atomic mass is 16.5. The number of piperazine rings is 1. The molecule has 4 nitrogen and oxygen atoms in total. The van der Waals surface area contributed by atoms with E-state index in [0.29, 0.717) is 5.41 Å². The van der Waals surface area contributed by atoms with Gasteiger partial charge in [-0.05, 0) is 38.3 Å². The SMILES string of the molecule is COCCN1CCN(C(C)(C)C(C)(C)C2CNC2)CC1. The molecule has 0 radical (unpaired) electrons. The van der Waals surface area contributed by atoms with E-state index in [1.807, 2.05) is 0 Å². The van der Waals surface area contributed by atoms with Crippen LogP contribution in [-0.2, 0) is 4.74 Å². The number of methoxy groups -OCH3 is 1. The summed E-state index contributed by atoms with van der Waals surface area (Å²) in [5.41, 5.74) is 0.611. The third-order valence-corrected chi connectivity index (χ3v) is 6.15. The zero-order valence-corrected chi connectivity index (χ0v) is 14.0. The van der Waals surface area contributed by atoms with Crippen LogP contribution in [0.5, 0.6) is 0 Å². The van der Waals surface area contributed by atoms with Crippen LogP contribution in [-0.4, -0.2) is 74.9 Å². The highest BCUT2D eigenvalue weighted by molar-refractivity contribution is 5.03. The zero-order valence-electron chi connectivity index (χ0n) is 14.0. The van der Waals surface area contributed by atoms with Gasteiger partial charge < -0.3 is 10.1 Å². The number of ether oxygens (including phenoxy) is 1. The van der Waals surface area contributed by atoms with Crippen LogP contribution in [0.1, 0.15) is 27.7 Å². The fourth-order valence-corrected chi connectivity index (χ4v) is 3.46. The van der Waals surface area contributed by atoms with Crippen LogP contribution in [0.4, 0.5) is 0 Å². The minimum Gasteiger partial charge on any atom is -0.383 e. The Morgan fingerprint density at radius 3 is 2.10 bits per heavy atom. The van der Waals surface area contributed by atoms with Gasteiger partial charge in [-0.15, -0.1) is 0 Å². The third-order valence-electron chi connectivity index (χ3n) is 6.15. The molecule has 2 aliphatic rings. The lowest BCUT2D eigenvalue weighted by Crippen LogP contribution is -2.65. The molecule has 0 amide bonds. The molecule has 2 rings (SSSR count). The summed E-state index contributed by atoms with van der Waals surface area (Å²) in [6.45, 7) is 18.8. The van der Waals surface area contributed by atoms with Gasteiger partial charge in [0.05, 0.1) is 6.61 Å². The van der Waals surface area contributed by atoms with Crippen LogP contribution < -0.4 is 5.32 Å². The van der Waals surface area contributed by atoms with E-state index < -0.39 is 0 Å². The summed E-state index contributed by atoms with van der Waals surface area (Å²) in [6, 6.07) is 0. The van der Waals surface area contributed by atoms with E-state index in [-0.39, 0.29) is 5.54 Å². The van der Waals surface area contributed by atoms with Gasteiger partial charge in [0.1, 0.15) is 0 Å². The molecule has 0 spiro atoms. The Morgan fingerprint density at radius 2 is 1.65 bits per heavy atom. The van der Waals surface area contributed by atoms with E-state index in [4.69, 9.17) is 4.74 Å². The molecular formula is C16H33N3O. The molecule has 0 atom stereocenters. The van der Waals surface area contributed by atoms with Crippen molar-refractivity contribution in [2.45, 2.75) is 33.2 Å². The summed E-state index contributed by atoms with van der Waals surface area (Å²) < 4.78 is 5.18. The topological polar surface area (TPSA) is 27.7 Å². The Morgan fingerprint density at radius 1 is 1.05 bits per heavy atom. The number of hydrogen-bond donors (Lipinski definition) is 1. The minimum absolute atomic E-state index is 0.257. The Bertz CT molecular complexity index is 305. The first-order valence-electron chi connectivity index (χ1n) is 8.06. The molecular weight excluding hydrogens is 250 g/mol. The van der Waals surface area contributed by atoms with E-state index >= 15 is 0 Å². The van der Waals surface area contributed by atoms with Crippen molar-refractivity contribution < 1.29 is 4.74 Å². The van der Waals surface area contributed by atoms with Crippen LogP contribution in [0.25, 0.3) is 0 Å². The predicted molar refractivity (Wildman–Crippen MR) is 84.1 cm³/mol. The van der Waals surface area contributed by atoms with Crippen molar-refractivity contribution in [2.75, 3.05) is 59.5 Å². The van der Waals surface area contributed by atoms with Gasteiger partial charge in [0.25, 0.3) is 0 Å². The molecule has 2 aliphatic heterocycles. The van der Waals surface area contributed by atoms with Crippen molar-refractivity contribution >= 4 is 0 Å². The van der Waals surface area contributed by atoms with Crippen molar-refractivity contribution in [3.05, 3.63) is 0 Å². The van der Waals surface area contributed by atoms with Crippen LogP contribution in [0, 0.1) is 11.3 Å². The Balaban J connectivity index is 1.90. The van der Waals surface area contributed by atoms with Gasteiger partial charge in [0.2, 0.25) is 0 Å². The number of nitrogens with one attached hydrogen (secondary N) is 1. The molecule has 0 aliphatic carbocycles. The standard InChI is InChI=1S/C16H33N3O/c1-15(2,14-12-17-13-14)16(3,4)19-8-6-18(7-9-19)10-11-20-5/h14,17H,6-13H2,1-5H3. The monoisotopic (exact) mass is 283 g/mol. The van der Waals surface area contributed by atoms with Gasteiger partial charge in [-0.2, -0.15) is 0 Å². The van der Waals surface area contributed by atoms with Gasteiger partial charge in [0.15, 0.2) is 0 Å². The lowest BCUT2D eigenvalue weighted by Gasteiger charge is -2.57. The Hall–Kier alpha value is -0.160. The van der Waals surface area contributed by atoms with Gasteiger partial charge >= 0.3 is 0 Å². The summed E-state index contributed by atoms with van der Waals surface area (Å²) in [6.07, 6.45) is 0. The molecule has 0 bridgehead atoms. The van der Waals surface area contributed by atoms with Crippen molar-refractivity contribution in [2.24, 2.45) is 11.3 Å². The van der Waals surface area contributed by atoms with Gasteiger partial charge in [0, 0.05) is 45.4 Å². The van der Waals surface area contributed by atoms with Crippen LogP contribution in [0.3, 0.4) is 0 Å². The lowest BCUT2D eigenvalue weighted by molar-refractivity contribution is -0.0619. The lowest BCUT2D eigenvalue weighted by atomic mass is 9.63. The molecule has 0 aromatic heterocycles. The van der Waals surface area contributed by atoms with Gasteiger partial charge in [-0.3, -0.25) is 9.80 Å². The highest BCUT2D eigenvalue weighted by Gasteiger charge is 2.48. The van der Waals surface area contributed by atoms with Gasteiger partial charge in [-0.25, -0.2) is 0 Å². The summed E-state index contributed by atoms with van der Waals surface area (Å²) in [5.74, 6) is 0.809. The summed E-state index contributed by atoms with van der Waals surface area (Å²) in [5, 5.41) is 3.43. The van der Waals surface area contributed by atoms with E-state index in [1.165, 1.54) is 39.3 Å². The first-order chi connectivity index (χ1) is 9.39. The first kappa shape index (κ1) is 16.2.